The number of aromatic nitrogens is 2. The first-order valence-electron chi connectivity index (χ1n) is 7.73. The van der Waals surface area contributed by atoms with Gasteiger partial charge < -0.3 is 4.74 Å². The lowest BCUT2D eigenvalue weighted by molar-refractivity contribution is 0.112. The minimum Gasteiger partial charge on any atom is -0.438 e. The van der Waals surface area contributed by atoms with Gasteiger partial charge in [-0.25, -0.2) is 9.97 Å². The first-order valence-corrected chi connectivity index (χ1v) is 8.54. The van der Waals surface area contributed by atoms with Crippen LogP contribution < -0.4 is 4.74 Å². The highest BCUT2D eigenvalue weighted by molar-refractivity contribution is 7.18. The fourth-order valence-electron chi connectivity index (χ4n) is 3.09. The lowest BCUT2D eigenvalue weighted by Crippen LogP contribution is -2.08. The van der Waals surface area contributed by atoms with E-state index in [0.717, 1.165) is 35.3 Å². The molecule has 0 fully saturated rings. The van der Waals surface area contributed by atoms with Crippen molar-refractivity contribution in [3.05, 3.63) is 46.6 Å². The van der Waals surface area contributed by atoms with E-state index in [9.17, 15) is 4.79 Å². The van der Waals surface area contributed by atoms with Crippen LogP contribution in [0.2, 0.25) is 0 Å². The summed E-state index contributed by atoms with van der Waals surface area (Å²) in [5.41, 5.74) is 1.93. The van der Waals surface area contributed by atoms with E-state index in [1.165, 1.54) is 16.9 Å². The van der Waals surface area contributed by atoms with Crippen molar-refractivity contribution in [2.75, 3.05) is 0 Å². The number of ether oxygens (including phenoxy) is 1. The summed E-state index contributed by atoms with van der Waals surface area (Å²) in [6.07, 6.45) is 5.71. The topological polar surface area (TPSA) is 52.1 Å². The zero-order valence-corrected chi connectivity index (χ0v) is 13.6. The van der Waals surface area contributed by atoms with Gasteiger partial charge in [0, 0.05) is 10.4 Å². The Kier molecular flexibility index (Phi) is 3.58. The lowest BCUT2D eigenvalue weighted by Gasteiger charge is -2.18. The van der Waals surface area contributed by atoms with Crippen molar-refractivity contribution in [2.45, 2.75) is 26.2 Å². The molecule has 5 heteroatoms. The van der Waals surface area contributed by atoms with E-state index < -0.39 is 0 Å². The number of nitrogens with zero attached hydrogens (tertiary/aromatic N) is 2. The molecule has 4 nitrogen and oxygen atoms in total. The van der Waals surface area contributed by atoms with Crippen LogP contribution in [0.25, 0.3) is 10.2 Å². The normalized spacial score (nSPS) is 17.0. The molecule has 3 aromatic rings. The van der Waals surface area contributed by atoms with E-state index in [4.69, 9.17) is 4.74 Å². The summed E-state index contributed by atoms with van der Waals surface area (Å²) in [5.74, 6) is 1.93. The molecule has 4 rings (SSSR count). The van der Waals surface area contributed by atoms with Gasteiger partial charge in [0.1, 0.15) is 23.2 Å². The van der Waals surface area contributed by atoms with Crippen LogP contribution in [0.15, 0.2) is 30.6 Å². The molecule has 0 saturated heterocycles. The number of thiophene rings is 1. The number of fused-ring (bicyclic) bond motifs is 3. The van der Waals surface area contributed by atoms with Gasteiger partial charge in [0.15, 0.2) is 0 Å². The fourth-order valence-corrected chi connectivity index (χ4v) is 4.43. The molecule has 0 saturated carbocycles. The number of rotatable bonds is 3. The molecule has 0 bridgehead atoms. The van der Waals surface area contributed by atoms with E-state index >= 15 is 0 Å². The molecular weight excluding hydrogens is 308 g/mol. The molecule has 2 heterocycles. The maximum atomic E-state index is 10.9. The van der Waals surface area contributed by atoms with Crippen molar-refractivity contribution in [2.24, 2.45) is 5.92 Å². The SMILES string of the molecule is C[C@H]1CCc2c(sc3ncnc(Oc4cccc(C=O)c4)c23)C1. The molecule has 1 aliphatic carbocycles. The fraction of sp³-hybridized carbons (Fsp3) is 0.278. The van der Waals surface area contributed by atoms with Crippen LogP contribution in [0.5, 0.6) is 11.6 Å². The van der Waals surface area contributed by atoms with E-state index in [1.807, 2.05) is 12.1 Å². The molecule has 0 radical (unpaired) electrons. The second kappa shape index (κ2) is 5.74. The third-order valence-electron chi connectivity index (χ3n) is 4.27. The summed E-state index contributed by atoms with van der Waals surface area (Å²) in [6.45, 7) is 2.29. The van der Waals surface area contributed by atoms with Crippen LogP contribution in [0.3, 0.4) is 0 Å². The summed E-state index contributed by atoms with van der Waals surface area (Å²) < 4.78 is 5.98. The van der Waals surface area contributed by atoms with Crippen molar-refractivity contribution < 1.29 is 9.53 Å². The molecule has 0 N–H and O–H groups in total. The maximum Gasteiger partial charge on any atom is 0.231 e. The molecule has 0 aliphatic heterocycles. The number of benzene rings is 1. The summed E-state index contributed by atoms with van der Waals surface area (Å²) in [4.78, 5) is 22.1. The quantitative estimate of drug-likeness (QED) is 0.669. The highest BCUT2D eigenvalue weighted by Gasteiger charge is 2.23. The van der Waals surface area contributed by atoms with E-state index in [2.05, 4.69) is 16.9 Å². The average molecular weight is 324 g/mol. The van der Waals surface area contributed by atoms with Crippen LogP contribution in [-0.4, -0.2) is 16.3 Å². The second-order valence-corrected chi connectivity index (χ2v) is 7.09. The van der Waals surface area contributed by atoms with Crippen molar-refractivity contribution in [3.63, 3.8) is 0 Å². The van der Waals surface area contributed by atoms with Gasteiger partial charge in [-0.05, 0) is 42.9 Å². The van der Waals surface area contributed by atoms with Crippen LogP contribution in [0, 0.1) is 5.92 Å². The van der Waals surface area contributed by atoms with Gasteiger partial charge in [0.25, 0.3) is 0 Å². The molecule has 116 valence electrons. The largest absolute Gasteiger partial charge is 0.438 e. The Balaban J connectivity index is 1.79. The van der Waals surface area contributed by atoms with Gasteiger partial charge in [-0.3, -0.25) is 4.79 Å². The molecule has 0 unspecified atom stereocenters. The molecule has 1 atom stereocenters. The zero-order chi connectivity index (χ0) is 15.8. The van der Waals surface area contributed by atoms with Crippen LogP contribution in [0.1, 0.15) is 34.1 Å². The van der Waals surface area contributed by atoms with E-state index in [1.54, 1.807) is 29.8 Å². The Hall–Kier alpha value is -2.27. The van der Waals surface area contributed by atoms with E-state index in [-0.39, 0.29) is 0 Å². The number of aryl methyl sites for hydroxylation is 1. The first kappa shape index (κ1) is 14.3. The van der Waals surface area contributed by atoms with E-state index in [0.29, 0.717) is 17.2 Å². The van der Waals surface area contributed by atoms with Crippen LogP contribution in [0.4, 0.5) is 0 Å². The highest BCUT2D eigenvalue weighted by atomic mass is 32.1. The molecule has 1 aromatic carbocycles. The second-order valence-electron chi connectivity index (χ2n) is 6.00. The van der Waals surface area contributed by atoms with Crippen LogP contribution >= 0.6 is 11.3 Å². The highest BCUT2D eigenvalue weighted by Crippen LogP contribution is 2.41. The van der Waals surface area contributed by atoms with Crippen molar-refractivity contribution in [3.8, 4) is 11.6 Å². The van der Waals surface area contributed by atoms with Gasteiger partial charge in [-0.2, -0.15) is 0 Å². The molecule has 23 heavy (non-hydrogen) atoms. The standard InChI is InChI=1S/C18H16N2O2S/c1-11-5-6-14-15(7-11)23-18-16(14)17(19-10-20-18)22-13-4-2-3-12(8-13)9-21/h2-4,8-11H,5-7H2,1H3/t11-/m0/s1. The Morgan fingerprint density at radius 2 is 2.26 bits per heavy atom. The molecular formula is C18H16N2O2S. The number of aldehydes is 1. The first-order chi connectivity index (χ1) is 11.2. The van der Waals surface area contributed by atoms with Crippen molar-refractivity contribution in [1.29, 1.82) is 0 Å². The number of carbonyl (C=O) groups is 1. The van der Waals surface area contributed by atoms with Crippen molar-refractivity contribution >= 4 is 27.8 Å². The maximum absolute atomic E-state index is 10.9. The minimum absolute atomic E-state index is 0.588. The van der Waals surface area contributed by atoms with Crippen LogP contribution in [-0.2, 0) is 12.8 Å². The Morgan fingerprint density at radius 1 is 1.35 bits per heavy atom. The Morgan fingerprint density at radius 3 is 3.13 bits per heavy atom. The number of hydrogen-bond donors (Lipinski definition) is 0. The molecule has 0 amide bonds. The predicted octanol–water partition coefficient (Wildman–Crippen LogP) is 4.42. The summed E-state index contributed by atoms with van der Waals surface area (Å²) in [5, 5.41) is 1.04. The summed E-state index contributed by atoms with van der Waals surface area (Å²) >= 11 is 1.75. The third-order valence-corrected chi connectivity index (χ3v) is 5.43. The minimum atomic E-state index is 0.588. The average Bonchev–Trinajstić information content (AvgIpc) is 2.93. The lowest BCUT2D eigenvalue weighted by atomic mass is 9.89. The molecule has 1 aliphatic rings. The van der Waals surface area contributed by atoms with Gasteiger partial charge in [-0.1, -0.05) is 19.1 Å². The molecule has 2 aromatic heterocycles. The Labute approximate surface area is 138 Å². The summed E-state index contributed by atoms with van der Waals surface area (Å²) in [7, 11) is 0. The predicted molar refractivity (Wildman–Crippen MR) is 90.5 cm³/mol. The summed E-state index contributed by atoms with van der Waals surface area (Å²) in [6, 6.07) is 7.12. The van der Waals surface area contributed by atoms with Crippen molar-refractivity contribution in [1.82, 2.24) is 9.97 Å². The Bertz CT molecular complexity index is 888. The van der Waals surface area contributed by atoms with Gasteiger partial charge in [-0.15, -0.1) is 11.3 Å². The van der Waals surface area contributed by atoms with Gasteiger partial charge in [0.05, 0.1) is 5.39 Å². The van der Waals surface area contributed by atoms with Gasteiger partial charge in [0.2, 0.25) is 5.88 Å². The zero-order valence-electron chi connectivity index (χ0n) is 12.8. The number of carbonyl (C=O) groups excluding carboxylic acids is 1. The molecule has 0 spiro atoms. The third kappa shape index (κ3) is 2.61. The smallest absolute Gasteiger partial charge is 0.231 e. The van der Waals surface area contributed by atoms with Gasteiger partial charge >= 0.3 is 0 Å². The monoisotopic (exact) mass is 324 g/mol. The number of hydrogen-bond acceptors (Lipinski definition) is 5.